The minimum atomic E-state index is -0.514. The van der Waals surface area contributed by atoms with Crippen LogP contribution in [0.2, 0.25) is 5.02 Å². The van der Waals surface area contributed by atoms with Crippen molar-refractivity contribution in [2.75, 3.05) is 13.2 Å². The highest BCUT2D eigenvalue weighted by Gasteiger charge is 2.20. The van der Waals surface area contributed by atoms with E-state index in [2.05, 4.69) is 32.6 Å². The Hall–Kier alpha value is -1.33. The summed E-state index contributed by atoms with van der Waals surface area (Å²) in [5, 5.41) is 11.1. The summed E-state index contributed by atoms with van der Waals surface area (Å²) in [6, 6.07) is 5.49. The van der Waals surface area contributed by atoms with Gasteiger partial charge in [-0.1, -0.05) is 17.7 Å². The zero-order valence-corrected chi connectivity index (χ0v) is 13.1. The van der Waals surface area contributed by atoms with E-state index < -0.39 is 4.92 Å². The Balaban J connectivity index is 2.71. The van der Waals surface area contributed by atoms with E-state index >= 15 is 0 Å². The van der Waals surface area contributed by atoms with Crippen LogP contribution in [0.4, 0.5) is 5.69 Å². The van der Waals surface area contributed by atoms with Crippen LogP contribution in [-0.2, 0) is 0 Å². The van der Waals surface area contributed by atoms with Gasteiger partial charge in [-0.15, -0.1) is 0 Å². The van der Waals surface area contributed by atoms with E-state index in [0.717, 1.165) is 0 Å². The van der Waals surface area contributed by atoms with Gasteiger partial charge in [0.25, 0.3) is 0 Å². The first-order chi connectivity index (χ1) is 9.34. The standard InChI is InChI=1S/C14H21ClN2O3/c1-10(2)16(11(3)4)8-9-20-13-7-5-6-12(15)14(13)17(18)19/h5-7,10-11H,8-9H2,1-4H3. The molecule has 0 bridgehead atoms. The van der Waals surface area contributed by atoms with E-state index in [1.54, 1.807) is 12.1 Å². The first-order valence-electron chi connectivity index (χ1n) is 6.66. The fraction of sp³-hybridized carbons (Fsp3) is 0.571. The van der Waals surface area contributed by atoms with Crippen LogP contribution in [0.1, 0.15) is 27.7 Å². The van der Waals surface area contributed by atoms with E-state index in [1.807, 2.05) is 0 Å². The van der Waals surface area contributed by atoms with Crippen molar-refractivity contribution >= 4 is 17.3 Å². The van der Waals surface area contributed by atoms with Gasteiger partial charge in [-0.2, -0.15) is 0 Å². The molecule has 0 N–H and O–H groups in total. The third-order valence-corrected chi connectivity index (χ3v) is 3.37. The smallest absolute Gasteiger partial charge is 0.329 e. The molecular formula is C14H21ClN2O3. The maximum Gasteiger partial charge on any atom is 0.329 e. The van der Waals surface area contributed by atoms with Crippen LogP contribution < -0.4 is 4.74 Å². The van der Waals surface area contributed by atoms with Crippen LogP contribution in [0.25, 0.3) is 0 Å². The molecule has 0 spiro atoms. The highest BCUT2D eigenvalue weighted by atomic mass is 35.5. The molecule has 5 nitrogen and oxygen atoms in total. The largest absolute Gasteiger partial charge is 0.485 e. The minimum absolute atomic E-state index is 0.0945. The van der Waals surface area contributed by atoms with Gasteiger partial charge in [-0.25, -0.2) is 0 Å². The van der Waals surface area contributed by atoms with Crippen LogP contribution in [0.5, 0.6) is 5.75 Å². The summed E-state index contributed by atoms with van der Waals surface area (Å²) >= 11 is 5.83. The lowest BCUT2D eigenvalue weighted by Crippen LogP contribution is -2.39. The molecule has 0 amide bonds. The van der Waals surface area contributed by atoms with Gasteiger partial charge >= 0.3 is 5.69 Å². The lowest BCUT2D eigenvalue weighted by molar-refractivity contribution is -0.385. The molecule has 0 aliphatic carbocycles. The van der Waals surface area contributed by atoms with Gasteiger partial charge in [0.05, 0.1) is 4.92 Å². The number of ether oxygens (including phenoxy) is 1. The fourth-order valence-electron chi connectivity index (χ4n) is 2.16. The molecule has 0 saturated heterocycles. The first-order valence-corrected chi connectivity index (χ1v) is 7.03. The maximum absolute atomic E-state index is 11.0. The molecule has 6 heteroatoms. The van der Waals surface area contributed by atoms with Crippen molar-refractivity contribution in [3.63, 3.8) is 0 Å². The summed E-state index contributed by atoms with van der Waals surface area (Å²) in [5.41, 5.74) is -0.171. The summed E-state index contributed by atoms with van der Waals surface area (Å²) < 4.78 is 5.54. The van der Waals surface area contributed by atoms with Gasteiger partial charge in [-0.3, -0.25) is 15.0 Å². The highest BCUT2D eigenvalue weighted by Crippen LogP contribution is 2.34. The van der Waals surface area contributed by atoms with Crippen molar-refractivity contribution in [3.8, 4) is 5.75 Å². The maximum atomic E-state index is 11.0. The number of rotatable bonds is 7. The van der Waals surface area contributed by atoms with Crippen molar-refractivity contribution < 1.29 is 9.66 Å². The number of para-hydroxylation sites is 1. The SMILES string of the molecule is CC(C)N(CCOc1cccc(Cl)c1[N+](=O)[O-])C(C)C. The normalized spacial score (nSPS) is 11.4. The second-order valence-corrected chi connectivity index (χ2v) is 5.52. The number of hydrogen-bond donors (Lipinski definition) is 0. The Bertz CT molecular complexity index is 456. The second kappa shape index (κ2) is 7.45. The summed E-state index contributed by atoms with van der Waals surface area (Å²) in [7, 11) is 0. The molecule has 0 aliphatic heterocycles. The van der Waals surface area contributed by atoms with Gasteiger partial charge in [0.1, 0.15) is 11.6 Å². The van der Waals surface area contributed by atoms with Crippen LogP contribution in [0, 0.1) is 10.1 Å². The number of benzene rings is 1. The van der Waals surface area contributed by atoms with Gasteiger partial charge in [-0.05, 0) is 39.8 Å². The average Bonchev–Trinajstić information content (AvgIpc) is 2.33. The molecule has 0 aliphatic rings. The second-order valence-electron chi connectivity index (χ2n) is 5.12. The zero-order chi connectivity index (χ0) is 15.3. The summed E-state index contributed by atoms with van der Waals surface area (Å²) in [6.45, 7) is 9.55. The van der Waals surface area contributed by atoms with Crippen molar-refractivity contribution in [2.45, 2.75) is 39.8 Å². The molecule has 112 valence electrons. The Labute approximate surface area is 124 Å². The predicted octanol–water partition coefficient (Wildman–Crippen LogP) is 3.75. The van der Waals surface area contributed by atoms with E-state index in [-0.39, 0.29) is 16.5 Å². The molecule has 1 aromatic carbocycles. The molecule has 1 aromatic rings. The molecule has 0 unspecified atom stereocenters. The molecule has 0 saturated carbocycles. The minimum Gasteiger partial charge on any atom is -0.485 e. The number of nitrogens with zero attached hydrogens (tertiary/aromatic N) is 2. The van der Waals surface area contributed by atoms with Gasteiger partial charge in [0.15, 0.2) is 5.75 Å². The van der Waals surface area contributed by atoms with Crippen molar-refractivity contribution in [3.05, 3.63) is 33.3 Å². The average molecular weight is 301 g/mol. The van der Waals surface area contributed by atoms with E-state index in [1.165, 1.54) is 6.07 Å². The summed E-state index contributed by atoms with van der Waals surface area (Å²) in [5.74, 6) is 0.218. The van der Waals surface area contributed by atoms with E-state index in [0.29, 0.717) is 25.2 Å². The van der Waals surface area contributed by atoms with Gasteiger partial charge in [0.2, 0.25) is 0 Å². The Morgan fingerprint density at radius 2 is 1.90 bits per heavy atom. The lowest BCUT2D eigenvalue weighted by atomic mass is 10.2. The van der Waals surface area contributed by atoms with E-state index in [4.69, 9.17) is 16.3 Å². The fourth-order valence-corrected chi connectivity index (χ4v) is 2.40. The number of nitro groups is 1. The summed E-state index contributed by atoms with van der Waals surface area (Å²) in [4.78, 5) is 12.7. The summed E-state index contributed by atoms with van der Waals surface area (Å²) in [6.07, 6.45) is 0. The third kappa shape index (κ3) is 4.35. The first kappa shape index (κ1) is 16.7. The molecule has 1 rings (SSSR count). The van der Waals surface area contributed by atoms with Crippen molar-refractivity contribution in [1.82, 2.24) is 4.90 Å². The topological polar surface area (TPSA) is 55.6 Å². The number of hydrogen-bond acceptors (Lipinski definition) is 4. The third-order valence-electron chi connectivity index (χ3n) is 3.07. The quantitative estimate of drug-likeness (QED) is 0.568. The van der Waals surface area contributed by atoms with Gasteiger partial charge < -0.3 is 4.74 Å². The molecule has 0 fully saturated rings. The van der Waals surface area contributed by atoms with E-state index in [9.17, 15) is 10.1 Å². The molecule has 0 atom stereocenters. The molecule has 0 radical (unpaired) electrons. The van der Waals surface area contributed by atoms with Crippen molar-refractivity contribution in [2.24, 2.45) is 0 Å². The number of halogens is 1. The molecule has 0 aromatic heterocycles. The Kier molecular flexibility index (Phi) is 6.23. The monoisotopic (exact) mass is 300 g/mol. The van der Waals surface area contributed by atoms with Crippen LogP contribution in [0.15, 0.2) is 18.2 Å². The Morgan fingerprint density at radius 3 is 2.40 bits per heavy atom. The van der Waals surface area contributed by atoms with Crippen LogP contribution in [0.3, 0.4) is 0 Å². The zero-order valence-electron chi connectivity index (χ0n) is 12.3. The van der Waals surface area contributed by atoms with Gasteiger partial charge in [0, 0.05) is 18.6 Å². The molecular weight excluding hydrogens is 280 g/mol. The lowest BCUT2D eigenvalue weighted by Gasteiger charge is -2.30. The van der Waals surface area contributed by atoms with Crippen molar-refractivity contribution in [1.29, 1.82) is 0 Å². The highest BCUT2D eigenvalue weighted by molar-refractivity contribution is 6.32. The number of nitro benzene ring substituents is 1. The molecule has 0 heterocycles. The van der Waals surface area contributed by atoms with Crippen LogP contribution >= 0.6 is 11.6 Å². The molecule has 20 heavy (non-hydrogen) atoms. The predicted molar refractivity (Wildman–Crippen MR) is 80.6 cm³/mol. The Morgan fingerprint density at radius 1 is 1.30 bits per heavy atom. The van der Waals surface area contributed by atoms with Crippen LogP contribution in [-0.4, -0.2) is 35.1 Å².